The molecule has 21 heavy (non-hydrogen) atoms. The van der Waals surface area contributed by atoms with Gasteiger partial charge in [-0.05, 0) is 29.5 Å². The van der Waals surface area contributed by atoms with E-state index in [4.69, 9.17) is 4.74 Å². The Morgan fingerprint density at radius 2 is 1.76 bits per heavy atom. The molecule has 2 aromatic rings. The lowest BCUT2D eigenvalue weighted by molar-refractivity contribution is -0.128. The van der Waals surface area contributed by atoms with E-state index < -0.39 is 0 Å². The van der Waals surface area contributed by atoms with E-state index in [2.05, 4.69) is 6.58 Å². The number of ether oxygens (including phenoxy) is 1. The van der Waals surface area contributed by atoms with Crippen molar-refractivity contribution in [1.82, 2.24) is 4.90 Å². The van der Waals surface area contributed by atoms with Crippen LogP contribution in [0.3, 0.4) is 0 Å². The zero-order valence-electron chi connectivity index (χ0n) is 12.2. The number of carbonyl (C=O) groups is 1. The highest BCUT2D eigenvalue weighted by atomic mass is 16.5. The molecule has 0 aliphatic heterocycles. The SMILES string of the molecule is C=CN(Cc1ccc(OC)cc1)C(=O)Cc1ccccc1. The average molecular weight is 281 g/mol. The van der Waals surface area contributed by atoms with Gasteiger partial charge < -0.3 is 9.64 Å². The van der Waals surface area contributed by atoms with Gasteiger partial charge in [-0.15, -0.1) is 0 Å². The lowest BCUT2D eigenvalue weighted by Gasteiger charge is -2.18. The number of rotatable bonds is 6. The molecule has 0 fully saturated rings. The highest BCUT2D eigenvalue weighted by Crippen LogP contribution is 2.14. The smallest absolute Gasteiger partial charge is 0.231 e. The van der Waals surface area contributed by atoms with Gasteiger partial charge in [-0.25, -0.2) is 0 Å². The normalized spacial score (nSPS) is 9.95. The number of methoxy groups -OCH3 is 1. The quantitative estimate of drug-likeness (QED) is 0.812. The van der Waals surface area contributed by atoms with E-state index >= 15 is 0 Å². The van der Waals surface area contributed by atoms with E-state index in [0.29, 0.717) is 13.0 Å². The summed E-state index contributed by atoms with van der Waals surface area (Å²) in [6, 6.07) is 17.4. The molecule has 0 atom stereocenters. The molecule has 2 aromatic carbocycles. The second kappa shape index (κ2) is 7.29. The van der Waals surface area contributed by atoms with Crippen molar-refractivity contribution in [3.8, 4) is 5.75 Å². The molecule has 0 unspecified atom stereocenters. The molecule has 1 amide bonds. The van der Waals surface area contributed by atoms with Crippen LogP contribution in [0.1, 0.15) is 11.1 Å². The third-order valence-electron chi connectivity index (χ3n) is 3.25. The molecule has 3 nitrogen and oxygen atoms in total. The molecular formula is C18H19NO2. The summed E-state index contributed by atoms with van der Waals surface area (Å²) in [5.74, 6) is 0.839. The highest BCUT2D eigenvalue weighted by molar-refractivity contribution is 5.79. The monoisotopic (exact) mass is 281 g/mol. The molecule has 0 N–H and O–H groups in total. The van der Waals surface area contributed by atoms with Gasteiger partial charge >= 0.3 is 0 Å². The van der Waals surface area contributed by atoms with E-state index in [9.17, 15) is 4.79 Å². The van der Waals surface area contributed by atoms with Gasteiger partial charge in [-0.2, -0.15) is 0 Å². The van der Waals surface area contributed by atoms with Crippen LogP contribution in [0.2, 0.25) is 0 Å². The predicted molar refractivity (Wildman–Crippen MR) is 83.9 cm³/mol. The Balaban J connectivity index is 2.01. The van der Waals surface area contributed by atoms with Crippen LogP contribution < -0.4 is 4.74 Å². The Morgan fingerprint density at radius 1 is 1.10 bits per heavy atom. The van der Waals surface area contributed by atoms with Crippen molar-refractivity contribution < 1.29 is 9.53 Å². The van der Waals surface area contributed by atoms with Crippen molar-refractivity contribution in [3.63, 3.8) is 0 Å². The summed E-state index contributed by atoms with van der Waals surface area (Å²) >= 11 is 0. The van der Waals surface area contributed by atoms with Gasteiger partial charge in [0.15, 0.2) is 0 Å². The molecule has 0 saturated heterocycles. The minimum absolute atomic E-state index is 0.0343. The fourth-order valence-corrected chi connectivity index (χ4v) is 2.05. The van der Waals surface area contributed by atoms with Crippen LogP contribution in [-0.4, -0.2) is 17.9 Å². The number of hydrogen-bond acceptors (Lipinski definition) is 2. The molecule has 0 aromatic heterocycles. The molecular weight excluding hydrogens is 262 g/mol. The van der Waals surface area contributed by atoms with Gasteiger partial charge in [0.05, 0.1) is 20.1 Å². The van der Waals surface area contributed by atoms with Crippen LogP contribution in [0.15, 0.2) is 67.4 Å². The maximum absolute atomic E-state index is 12.3. The number of nitrogens with zero attached hydrogens (tertiary/aromatic N) is 1. The summed E-state index contributed by atoms with van der Waals surface area (Å²) in [6.45, 7) is 4.25. The Bertz CT molecular complexity index is 590. The molecule has 2 rings (SSSR count). The lowest BCUT2D eigenvalue weighted by Crippen LogP contribution is -2.26. The number of carbonyl (C=O) groups excluding carboxylic acids is 1. The highest BCUT2D eigenvalue weighted by Gasteiger charge is 2.11. The van der Waals surface area contributed by atoms with Crippen LogP contribution in [0, 0.1) is 0 Å². The molecule has 0 spiro atoms. The van der Waals surface area contributed by atoms with Crippen LogP contribution in [0.4, 0.5) is 0 Å². The third-order valence-corrected chi connectivity index (χ3v) is 3.25. The van der Waals surface area contributed by atoms with E-state index in [1.165, 1.54) is 0 Å². The Hall–Kier alpha value is -2.55. The fourth-order valence-electron chi connectivity index (χ4n) is 2.05. The maximum Gasteiger partial charge on any atom is 0.231 e. The van der Waals surface area contributed by atoms with Crippen LogP contribution in [0.5, 0.6) is 5.75 Å². The predicted octanol–water partition coefficient (Wildman–Crippen LogP) is 3.41. The minimum atomic E-state index is 0.0343. The second-order valence-electron chi connectivity index (χ2n) is 4.71. The maximum atomic E-state index is 12.3. The van der Waals surface area contributed by atoms with Gasteiger partial charge in [0.25, 0.3) is 0 Å². The molecule has 0 saturated carbocycles. The third kappa shape index (κ3) is 4.21. The van der Waals surface area contributed by atoms with Crippen molar-refractivity contribution >= 4 is 5.91 Å². The molecule has 0 radical (unpaired) electrons. The molecule has 0 aliphatic carbocycles. The van der Waals surface area contributed by atoms with E-state index in [1.54, 1.807) is 18.2 Å². The molecule has 0 aliphatic rings. The van der Waals surface area contributed by atoms with Gasteiger partial charge in [0.2, 0.25) is 5.91 Å². The lowest BCUT2D eigenvalue weighted by atomic mass is 10.1. The minimum Gasteiger partial charge on any atom is -0.497 e. The Kier molecular flexibility index (Phi) is 5.16. The summed E-state index contributed by atoms with van der Waals surface area (Å²) in [6.07, 6.45) is 1.96. The Labute approximate surface area is 125 Å². The van der Waals surface area contributed by atoms with Crippen LogP contribution in [0.25, 0.3) is 0 Å². The summed E-state index contributed by atoms with van der Waals surface area (Å²) in [7, 11) is 1.63. The van der Waals surface area contributed by atoms with E-state index in [1.807, 2.05) is 54.6 Å². The van der Waals surface area contributed by atoms with E-state index in [0.717, 1.165) is 16.9 Å². The summed E-state index contributed by atoms with van der Waals surface area (Å²) < 4.78 is 5.13. The standard InChI is InChI=1S/C18H19NO2/c1-3-19(14-16-9-11-17(21-2)12-10-16)18(20)13-15-7-5-4-6-8-15/h3-12H,1,13-14H2,2H3. The van der Waals surface area contributed by atoms with Gasteiger partial charge in [-0.3, -0.25) is 4.79 Å². The first kappa shape index (κ1) is 14.9. The zero-order chi connectivity index (χ0) is 15.1. The van der Waals surface area contributed by atoms with Gasteiger partial charge in [0.1, 0.15) is 5.75 Å². The van der Waals surface area contributed by atoms with Crippen LogP contribution in [-0.2, 0) is 17.8 Å². The van der Waals surface area contributed by atoms with Crippen molar-refractivity contribution in [3.05, 3.63) is 78.5 Å². The average Bonchev–Trinajstić information content (AvgIpc) is 2.54. The first-order chi connectivity index (χ1) is 10.2. The van der Waals surface area contributed by atoms with Crippen molar-refractivity contribution in [2.75, 3.05) is 7.11 Å². The summed E-state index contributed by atoms with van der Waals surface area (Å²) in [4.78, 5) is 13.9. The van der Waals surface area contributed by atoms with Gasteiger partial charge in [0, 0.05) is 0 Å². The summed E-state index contributed by atoms with van der Waals surface area (Å²) in [5, 5.41) is 0. The second-order valence-corrected chi connectivity index (χ2v) is 4.71. The fraction of sp³-hybridized carbons (Fsp3) is 0.167. The largest absolute Gasteiger partial charge is 0.497 e. The van der Waals surface area contributed by atoms with Crippen molar-refractivity contribution in [2.45, 2.75) is 13.0 Å². The summed E-state index contributed by atoms with van der Waals surface area (Å²) in [5.41, 5.74) is 2.04. The van der Waals surface area contributed by atoms with Gasteiger partial charge in [-0.1, -0.05) is 49.0 Å². The number of benzene rings is 2. The van der Waals surface area contributed by atoms with Crippen molar-refractivity contribution in [1.29, 1.82) is 0 Å². The Morgan fingerprint density at radius 3 is 2.33 bits per heavy atom. The van der Waals surface area contributed by atoms with Crippen LogP contribution >= 0.6 is 0 Å². The van der Waals surface area contributed by atoms with E-state index in [-0.39, 0.29) is 5.91 Å². The molecule has 0 heterocycles. The van der Waals surface area contributed by atoms with Crippen molar-refractivity contribution in [2.24, 2.45) is 0 Å². The number of hydrogen-bond donors (Lipinski definition) is 0. The molecule has 108 valence electrons. The topological polar surface area (TPSA) is 29.5 Å². The molecule has 3 heteroatoms. The number of amides is 1. The zero-order valence-corrected chi connectivity index (χ0v) is 12.2. The first-order valence-corrected chi connectivity index (χ1v) is 6.82. The first-order valence-electron chi connectivity index (χ1n) is 6.82. The molecule has 0 bridgehead atoms.